The van der Waals surface area contributed by atoms with E-state index in [2.05, 4.69) is 21.2 Å². The van der Waals surface area contributed by atoms with Crippen molar-refractivity contribution in [1.29, 1.82) is 0 Å². The summed E-state index contributed by atoms with van der Waals surface area (Å²) in [6, 6.07) is 9.74. The van der Waals surface area contributed by atoms with Crippen LogP contribution >= 0.6 is 16.1 Å². The first-order valence-electron chi connectivity index (χ1n) is 4.93. The van der Waals surface area contributed by atoms with Crippen LogP contribution in [-0.2, 0) is 0 Å². The number of hydrogen-bond donors (Lipinski definition) is 0. The van der Waals surface area contributed by atoms with Gasteiger partial charge in [-0.3, -0.25) is 4.79 Å². The molecule has 0 aliphatic carbocycles. The van der Waals surface area contributed by atoms with E-state index in [4.69, 9.17) is 0 Å². The van der Waals surface area contributed by atoms with Crippen molar-refractivity contribution in [2.75, 3.05) is 0 Å². The normalized spacial score (nSPS) is 10.4. The van der Waals surface area contributed by atoms with Crippen LogP contribution in [0.1, 0.15) is 23.0 Å². The summed E-state index contributed by atoms with van der Waals surface area (Å²) >= 11 is 3.33. The van der Waals surface area contributed by atoms with Crippen molar-refractivity contribution in [2.24, 2.45) is 0 Å². The topological polar surface area (TPSA) is 34.9 Å². The SMILES string of the molecule is CC(=O)c1c(C)nn(Br)c1-c1ccccc1. The van der Waals surface area contributed by atoms with E-state index in [1.54, 1.807) is 10.6 Å². The Morgan fingerprint density at radius 2 is 1.94 bits per heavy atom. The highest BCUT2D eigenvalue weighted by Gasteiger charge is 2.18. The van der Waals surface area contributed by atoms with Gasteiger partial charge in [0.1, 0.15) is 0 Å². The summed E-state index contributed by atoms with van der Waals surface area (Å²) in [5.41, 5.74) is 3.20. The summed E-state index contributed by atoms with van der Waals surface area (Å²) < 4.78 is 1.58. The first-order chi connectivity index (χ1) is 7.61. The molecule has 0 radical (unpaired) electrons. The lowest BCUT2D eigenvalue weighted by Crippen LogP contribution is -1.96. The molecule has 1 aromatic carbocycles. The van der Waals surface area contributed by atoms with Crippen molar-refractivity contribution in [3.63, 3.8) is 0 Å². The highest BCUT2D eigenvalue weighted by Crippen LogP contribution is 2.27. The minimum absolute atomic E-state index is 0.0297. The van der Waals surface area contributed by atoms with Crippen molar-refractivity contribution in [3.8, 4) is 11.3 Å². The Hall–Kier alpha value is -1.42. The van der Waals surface area contributed by atoms with Gasteiger partial charge in [-0.05, 0) is 13.8 Å². The summed E-state index contributed by atoms with van der Waals surface area (Å²) in [4.78, 5) is 11.6. The molecule has 0 bridgehead atoms. The van der Waals surface area contributed by atoms with Crippen LogP contribution in [0.3, 0.4) is 0 Å². The largest absolute Gasteiger partial charge is 0.294 e. The van der Waals surface area contributed by atoms with Crippen LogP contribution in [-0.4, -0.2) is 14.6 Å². The lowest BCUT2D eigenvalue weighted by Gasteiger charge is -2.02. The van der Waals surface area contributed by atoms with Crippen LogP contribution in [0.25, 0.3) is 11.3 Å². The fourth-order valence-electron chi connectivity index (χ4n) is 1.76. The summed E-state index contributed by atoms with van der Waals surface area (Å²) in [5, 5.41) is 4.22. The molecule has 0 saturated carbocycles. The van der Waals surface area contributed by atoms with Gasteiger partial charge in [-0.15, -0.1) is 0 Å². The van der Waals surface area contributed by atoms with Gasteiger partial charge in [-0.25, -0.2) is 0 Å². The van der Waals surface area contributed by atoms with E-state index in [1.807, 2.05) is 37.3 Å². The van der Waals surface area contributed by atoms with Crippen LogP contribution < -0.4 is 0 Å². The van der Waals surface area contributed by atoms with Crippen LogP contribution in [0.5, 0.6) is 0 Å². The van der Waals surface area contributed by atoms with Gasteiger partial charge in [0, 0.05) is 5.56 Å². The number of Topliss-reactive ketones (excluding diaryl/α,β-unsaturated/α-hetero) is 1. The van der Waals surface area contributed by atoms with E-state index in [9.17, 15) is 4.79 Å². The highest BCUT2D eigenvalue weighted by atomic mass is 79.9. The standard InChI is InChI=1S/C12H11BrN2O/c1-8-11(9(2)16)12(15(13)14-8)10-6-4-3-5-7-10/h3-7H,1-2H3. The number of benzene rings is 1. The molecule has 0 atom stereocenters. The summed E-state index contributed by atoms with van der Waals surface area (Å²) in [5.74, 6) is 0.0297. The molecule has 1 aromatic heterocycles. The van der Waals surface area contributed by atoms with Gasteiger partial charge < -0.3 is 0 Å². The monoisotopic (exact) mass is 278 g/mol. The van der Waals surface area contributed by atoms with Gasteiger partial charge >= 0.3 is 0 Å². The molecule has 0 aliphatic rings. The van der Waals surface area contributed by atoms with Gasteiger partial charge in [0.05, 0.1) is 33.1 Å². The van der Waals surface area contributed by atoms with Crippen molar-refractivity contribution in [3.05, 3.63) is 41.6 Å². The maximum absolute atomic E-state index is 11.6. The molecule has 0 spiro atoms. The lowest BCUT2D eigenvalue weighted by molar-refractivity contribution is 0.101. The Morgan fingerprint density at radius 1 is 1.31 bits per heavy atom. The molecule has 0 saturated heterocycles. The molecular weight excluding hydrogens is 268 g/mol. The number of hydrogen-bond acceptors (Lipinski definition) is 2. The number of carbonyl (C=O) groups is 1. The maximum Gasteiger partial charge on any atom is 0.163 e. The molecule has 0 N–H and O–H groups in total. The smallest absolute Gasteiger partial charge is 0.163 e. The fourth-order valence-corrected chi connectivity index (χ4v) is 2.38. The average Bonchev–Trinajstić information content (AvgIpc) is 2.55. The molecule has 0 aliphatic heterocycles. The number of aromatic nitrogens is 2. The van der Waals surface area contributed by atoms with Gasteiger partial charge in [0.25, 0.3) is 0 Å². The fraction of sp³-hybridized carbons (Fsp3) is 0.167. The van der Waals surface area contributed by atoms with E-state index in [0.717, 1.165) is 17.0 Å². The molecule has 1 heterocycles. The number of ketones is 1. The van der Waals surface area contributed by atoms with Crippen LogP contribution in [0.4, 0.5) is 0 Å². The van der Waals surface area contributed by atoms with E-state index in [-0.39, 0.29) is 5.78 Å². The molecule has 2 rings (SSSR count). The molecule has 2 aromatic rings. The third-order valence-electron chi connectivity index (χ3n) is 2.42. The third-order valence-corrected chi connectivity index (χ3v) is 2.93. The predicted octanol–water partition coefficient (Wildman–Crippen LogP) is 3.22. The first kappa shape index (κ1) is 11.1. The Bertz CT molecular complexity index is 531. The van der Waals surface area contributed by atoms with Crippen molar-refractivity contribution in [2.45, 2.75) is 13.8 Å². The molecule has 3 nitrogen and oxygen atoms in total. The van der Waals surface area contributed by atoms with Crippen molar-refractivity contribution < 1.29 is 4.79 Å². The minimum Gasteiger partial charge on any atom is -0.294 e. The predicted molar refractivity (Wildman–Crippen MR) is 66.7 cm³/mol. The summed E-state index contributed by atoms with van der Waals surface area (Å²) in [7, 11) is 0. The first-order valence-corrected chi connectivity index (χ1v) is 5.64. The Labute approximate surface area is 102 Å². The number of aryl methyl sites for hydroxylation is 1. The van der Waals surface area contributed by atoms with Crippen molar-refractivity contribution >= 4 is 21.9 Å². The average molecular weight is 279 g/mol. The third kappa shape index (κ3) is 1.80. The second kappa shape index (κ2) is 4.22. The number of carbonyl (C=O) groups excluding carboxylic acids is 1. The molecule has 4 heteroatoms. The van der Waals surface area contributed by atoms with Crippen LogP contribution in [0, 0.1) is 6.92 Å². The highest BCUT2D eigenvalue weighted by molar-refractivity contribution is 9.08. The van der Waals surface area contributed by atoms with Gasteiger partial charge in [0.15, 0.2) is 5.78 Å². The van der Waals surface area contributed by atoms with Crippen LogP contribution in [0.15, 0.2) is 30.3 Å². The van der Waals surface area contributed by atoms with E-state index in [1.165, 1.54) is 0 Å². The number of rotatable bonds is 2. The second-order valence-electron chi connectivity index (χ2n) is 3.59. The molecule has 0 unspecified atom stereocenters. The molecule has 0 fully saturated rings. The van der Waals surface area contributed by atoms with Gasteiger partial charge in [-0.2, -0.15) is 8.81 Å². The van der Waals surface area contributed by atoms with E-state index < -0.39 is 0 Å². The Morgan fingerprint density at radius 3 is 2.50 bits per heavy atom. The maximum atomic E-state index is 11.6. The second-order valence-corrected chi connectivity index (χ2v) is 4.26. The quantitative estimate of drug-likeness (QED) is 0.791. The van der Waals surface area contributed by atoms with Crippen LogP contribution in [0.2, 0.25) is 0 Å². The summed E-state index contributed by atoms with van der Waals surface area (Å²) in [6.45, 7) is 3.39. The molecule has 82 valence electrons. The Balaban J connectivity index is 2.69. The number of nitrogens with zero attached hydrogens (tertiary/aromatic N) is 2. The van der Waals surface area contributed by atoms with E-state index >= 15 is 0 Å². The van der Waals surface area contributed by atoms with Gasteiger partial charge in [0.2, 0.25) is 0 Å². The van der Waals surface area contributed by atoms with Crippen molar-refractivity contribution in [1.82, 2.24) is 8.81 Å². The van der Waals surface area contributed by atoms with E-state index in [0.29, 0.717) is 5.56 Å². The lowest BCUT2D eigenvalue weighted by atomic mass is 10.0. The zero-order valence-corrected chi connectivity index (χ0v) is 10.7. The molecular formula is C12H11BrN2O. The molecule has 16 heavy (non-hydrogen) atoms. The minimum atomic E-state index is 0.0297. The zero-order chi connectivity index (χ0) is 11.7. The van der Waals surface area contributed by atoms with Gasteiger partial charge in [-0.1, -0.05) is 30.3 Å². The zero-order valence-electron chi connectivity index (χ0n) is 9.07. The Kier molecular flexibility index (Phi) is 2.92. The summed E-state index contributed by atoms with van der Waals surface area (Å²) in [6.07, 6.45) is 0. The molecule has 0 amide bonds. The number of halogens is 1.